The molecule has 1 aromatic carbocycles. The average molecular weight is 548 g/mol. The highest BCUT2D eigenvalue weighted by atomic mass is 35.5. The normalized spacial score (nSPS) is 13.1. The van der Waals surface area contributed by atoms with E-state index in [1.165, 1.54) is 12.4 Å². The number of aryl methyl sites for hydroxylation is 1. The Hall–Kier alpha value is -4.69. The van der Waals surface area contributed by atoms with Crippen LogP contribution in [0.4, 0.5) is 5.69 Å². The smallest absolute Gasteiger partial charge is 0.439 e. The van der Waals surface area contributed by atoms with Crippen molar-refractivity contribution in [3.05, 3.63) is 78.8 Å². The Bertz CT molecular complexity index is 1790. The maximum Gasteiger partial charge on any atom is 0.439 e. The van der Waals surface area contributed by atoms with E-state index in [-0.39, 0.29) is 27.9 Å². The number of anilines is 1. The number of nitrogens with one attached hydrogen (secondary N) is 2. The molecule has 0 aliphatic heterocycles. The van der Waals surface area contributed by atoms with Crippen molar-refractivity contribution in [3.8, 4) is 17.6 Å². The van der Waals surface area contributed by atoms with Crippen molar-refractivity contribution in [3.63, 3.8) is 0 Å². The number of rotatable bonds is 7. The maximum atomic E-state index is 13.5. The molecule has 12 heteroatoms. The molecule has 0 amide bonds. The molecule has 1 unspecified atom stereocenters. The van der Waals surface area contributed by atoms with Crippen molar-refractivity contribution >= 4 is 40.0 Å². The van der Waals surface area contributed by atoms with Gasteiger partial charge in [0, 0.05) is 23.5 Å². The number of nitriles is 1. The number of allylic oxidation sites excluding steroid dienone is 1. The van der Waals surface area contributed by atoms with E-state index in [1.807, 2.05) is 19.9 Å². The standard InChI is InChI=1S/C27H26ClN7O4/c1-13-8-17(15(3)32-19-6-7-20(28)33-21(19)25-34-26(37)39-35-25)24-18(9-13)22(36)14(2)23(38-24)16(10-29)11-31-27(4,5)12-30/h6-11,15,32H,29H2,1-5H3,(H,34,35,37)/b16-10+,31-11?. The van der Waals surface area contributed by atoms with Crippen molar-refractivity contribution in [2.45, 2.75) is 46.2 Å². The van der Waals surface area contributed by atoms with E-state index in [4.69, 9.17) is 21.8 Å². The molecule has 39 heavy (non-hydrogen) atoms. The van der Waals surface area contributed by atoms with Gasteiger partial charge in [-0.1, -0.05) is 22.8 Å². The highest BCUT2D eigenvalue weighted by Crippen LogP contribution is 2.33. The Labute approximate surface area is 228 Å². The summed E-state index contributed by atoms with van der Waals surface area (Å²) >= 11 is 6.10. The van der Waals surface area contributed by atoms with Gasteiger partial charge in [0.25, 0.3) is 0 Å². The first kappa shape index (κ1) is 27.3. The van der Waals surface area contributed by atoms with Crippen LogP contribution in [0.1, 0.15) is 49.3 Å². The Kier molecular flexibility index (Phi) is 7.42. The van der Waals surface area contributed by atoms with Gasteiger partial charge >= 0.3 is 5.76 Å². The lowest BCUT2D eigenvalue weighted by Crippen LogP contribution is -2.15. The van der Waals surface area contributed by atoms with Crippen molar-refractivity contribution in [2.24, 2.45) is 10.7 Å². The van der Waals surface area contributed by atoms with Gasteiger partial charge in [0.05, 0.1) is 28.8 Å². The van der Waals surface area contributed by atoms with Gasteiger partial charge in [-0.15, -0.1) is 0 Å². The molecule has 0 saturated carbocycles. The van der Waals surface area contributed by atoms with Crippen LogP contribution in [0.5, 0.6) is 0 Å². The van der Waals surface area contributed by atoms with Gasteiger partial charge in [-0.25, -0.2) is 9.78 Å². The predicted octanol–water partition coefficient (Wildman–Crippen LogP) is 4.65. The number of aromatic nitrogens is 3. The van der Waals surface area contributed by atoms with Gasteiger partial charge in [0.1, 0.15) is 27.7 Å². The summed E-state index contributed by atoms with van der Waals surface area (Å²) in [7, 11) is 0. The molecule has 4 N–H and O–H groups in total. The fraction of sp³-hybridized carbons (Fsp3) is 0.259. The summed E-state index contributed by atoms with van der Waals surface area (Å²) in [5.74, 6) is -0.377. The Morgan fingerprint density at radius 3 is 2.69 bits per heavy atom. The number of benzene rings is 1. The molecule has 200 valence electrons. The molecular formula is C27H26ClN7O4. The summed E-state index contributed by atoms with van der Waals surface area (Å²) in [5.41, 5.74) is 8.08. The predicted molar refractivity (Wildman–Crippen MR) is 150 cm³/mol. The summed E-state index contributed by atoms with van der Waals surface area (Å²) in [4.78, 5) is 36.0. The molecular weight excluding hydrogens is 522 g/mol. The third-order valence-electron chi connectivity index (χ3n) is 6.00. The molecule has 0 spiro atoms. The molecule has 0 aliphatic rings. The van der Waals surface area contributed by atoms with Gasteiger partial charge in [0.2, 0.25) is 5.82 Å². The summed E-state index contributed by atoms with van der Waals surface area (Å²) in [6, 6.07) is 8.64. The van der Waals surface area contributed by atoms with E-state index < -0.39 is 17.3 Å². The number of pyridine rings is 1. The molecule has 0 bridgehead atoms. The zero-order chi connectivity index (χ0) is 28.5. The van der Waals surface area contributed by atoms with E-state index in [0.717, 1.165) is 5.56 Å². The number of nitrogens with two attached hydrogens (primary N) is 1. The van der Waals surface area contributed by atoms with E-state index in [0.29, 0.717) is 33.4 Å². The van der Waals surface area contributed by atoms with Gasteiger partial charge in [-0.2, -0.15) is 5.26 Å². The van der Waals surface area contributed by atoms with Crippen LogP contribution in [0, 0.1) is 25.2 Å². The van der Waals surface area contributed by atoms with Crippen molar-refractivity contribution in [1.82, 2.24) is 15.1 Å². The van der Waals surface area contributed by atoms with Crippen molar-refractivity contribution in [2.75, 3.05) is 5.32 Å². The van der Waals surface area contributed by atoms with Gasteiger partial charge in [-0.3, -0.25) is 19.3 Å². The van der Waals surface area contributed by atoms with Gasteiger partial charge in [-0.05, 0) is 58.4 Å². The van der Waals surface area contributed by atoms with E-state index in [1.54, 1.807) is 39.0 Å². The zero-order valence-electron chi connectivity index (χ0n) is 21.9. The minimum Gasteiger partial charge on any atom is -0.455 e. The molecule has 4 rings (SSSR count). The molecule has 4 aromatic rings. The lowest BCUT2D eigenvalue weighted by molar-refractivity contribution is 0.388. The quantitative estimate of drug-likeness (QED) is 0.219. The summed E-state index contributed by atoms with van der Waals surface area (Å²) in [5, 5.41) is 17.0. The van der Waals surface area contributed by atoms with E-state index in [9.17, 15) is 14.9 Å². The van der Waals surface area contributed by atoms with Crippen molar-refractivity contribution in [1.29, 1.82) is 5.26 Å². The van der Waals surface area contributed by atoms with Crippen LogP contribution in [0.3, 0.4) is 0 Å². The van der Waals surface area contributed by atoms with Crippen LogP contribution < -0.4 is 22.2 Å². The van der Waals surface area contributed by atoms with E-state index in [2.05, 4.69) is 36.0 Å². The summed E-state index contributed by atoms with van der Waals surface area (Å²) < 4.78 is 11.0. The number of aliphatic imine (C=N–C) groups is 1. The topological polar surface area (TPSA) is 176 Å². The molecule has 3 heterocycles. The molecule has 11 nitrogen and oxygen atoms in total. The second-order valence-electron chi connectivity index (χ2n) is 9.51. The van der Waals surface area contributed by atoms with Crippen molar-refractivity contribution < 1.29 is 8.94 Å². The maximum absolute atomic E-state index is 13.5. The number of H-pyrrole nitrogens is 1. The number of hydrogen-bond donors (Lipinski definition) is 3. The third-order valence-corrected chi connectivity index (χ3v) is 6.21. The molecule has 0 saturated heterocycles. The second kappa shape index (κ2) is 10.6. The largest absolute Gasteiger partial charge is 0.455 e. The van der Waals surface area contributed by atoms with Gasteiger partial charge in [0.15, 0.2) is 5.43 Å². The Morgan fingerprint density at radius 2 is 2.05 bits per heavy atom. The van der Waals surface area contributed by atoms with Gasteiger partial charge < -0.3 is 15.5 Å². The Morgan fingerprint density at radius 1 is 1.31 bits per heavy atom. The fourth-order valence-corrected chi connectivity index (χ4v) is 4.12. The molecule has 0 fully saturated rings. The number of fused-ring (bicyclic) bond motifs is 1. The highest BCUT2D eigenvalue weighted by molar-refractivity contribution is 6.29. The Balaban J connectivity index is 1.85. The first-order chi connectivity index (χ1) is 18.4. The van der Waals surface area contributed by atoms with Crippen LogP contribution in [0.2, 0.25) is 5.15 Å². The fourth-order valence-electron chi connectivity index (χ4n) is 3.98. The van der Waals surface area contributed by atoms with Crippen LogP contribution in [0.25, 0.3) is 28.1 Å². The van der Waals surface area contributed by atoms with Crippen LogP contribution in [0.15, 0.2) is 54.0 Å². The monoisotopic (exact) mass is 547 g/mol. The summed E-state index contributed by atoms with van der Waals surface area (Å²) in [6.07, 6.45) is 2.72. The zero-order valence-corrected chi connectivity index (χ0v) is 22.7. The minimum absolute atomic E-state index is 0.105. The summed E-state index contributed by atoms with van der Waals surface area (Å²) in [6.45, 7) is 8.74. The average Bonchev–Trinajstić information content (AvgIpc) is 3.34. The number of aromatic amines is 1. The first-order valence-corrected chi connectivity index (χ1v) is 12.3. The third kappa shape index (κ3) is 5.61. The molecule has 0 radical (unpaired) electrons. The number of nitrogens with zero attached hydrogens (tertiary/aromatic N) is 4. The van der Waals surface area contributed by atoms with E-state index >= 15 is 0 Å². The highest BCUT2D eigenvalue weighted by Gasteiger charge is 2.22. The minimum atomic E-state index is -0.988. The number of hydrogen-bond acceptors (Lipinski definition) is 10. The lowest BCUT2D eigenvalue weighted by Gasteiger charge is -2.20. The molecule has 0 aliphatic carbocycles. The lowest BCUT2D eigenvalue weighted by atomic mass is 9.99. The molecule has 1 atom stereocenters. The van der Waals surface area contributed by atoms with Crippen LogP contribution in [-0.2, 0) is 0 Å². The number of halogens is 1. The SMILES string of the molecule is Cc1cc(C(C)Nc2ccc(Cl)nc2-c2noc(=O)[nH]2)c2oc(/C(C=NC(C)(C)C#N)=C/N)c(C)c(=O)c2c1. The first-order valence-electron chi connectivity index (χ1n) is 11.9. The van der Waals surface area contributed by atoms with Crippen LogP contribution in [-0.4, -0.2) is 26.9 Å². The molecule has 3 aromatic heterocycles. The van der Waals surface area contributed by atoms with Crippen LogP contribution >= 0.6 is 11.6 Å². The second-order valence-corrected chi connectivity index (χ2v) is 9.89.